The molecule has 78 valence electrons. The van der Waals surface area contributed by atoms with E-state index in [1.54, 1.807) is 4.68 Å². The Bertz CT molecular complexity index is 333. The maximum absolute atomic E-state index is 10.6. The maximum Gasteiger partial charge on any atom is 0.320 e. The maximum atomic E-state index is 10.6. The van der Waals surface area contributed by atoms with Gasteiger partial charge in [-0.2, -0.15) is 5.10 Å². The predicted octanol–water partition coefficient (Wildman–Crippen LogP) is 0.166. The van der Waals surface area contributed by atoms with Gasteiger partial charge in [-0.05, 0) is 19.9 Å². The minimum Gasteiger partial charge on any atom is -0.480 e. The molecule has 0 spiro atoms. The zero-order chi connectivity index (χ0) is 10.7. The van der Waals surface area contributed by atoms with Gasteiger partial charge in [0.05, 0.1) is 5.69 Å². The summed E-state index contributed by atoms with van der Waals surface area (Å²) >= 11 is 0. The third-order valence-corrected chi connectivity index (χ3v) is 2.03. The van der Waals surface area contributed by atoms with Gasteiger partial charge in [-0.3, -0.25) is 9.48 Å². The van der Waals surface area contributed by atoms with Crippen LogP contribution in [0, 0.1) is 6.92 Å². The number of rotatable bonds is 4. The van der Waals surface area contributed by atoms with Crippen molar-refractivity contribution in [3.63, 3.8) is 0 Å². The molecule has 0 saturated heterocycles. The second kappa shape index (κ2) is 4.23. The topological polar surface area (TPSA) is 81.1 Å². The standard InChI is InChI=1S/C9H15N3O2/c1-3-12-7(4-6(2)11-12)5-8(10)9(13)14/h4,8H,3,5,10H2,1-2H3,(H,13,14)/t8-/m1/s1. The van der Waals surface area contributed by atoms with Crippen molar-refractivity contribution in [2.45, 2.75) is 32.9 Å². The lowest BCUT2D eigenvalue weighted by atomic mass is 10.1. The minimum absolute atomic E-state index is 0.323. The zero-order valence-electron chi connectivity index (χ0n) is 8.40. The quantitative estimate of drug-likeness (QED) is 0.720. The summed E-state index contributed by atoms with van der Waals surface area (Å²) in [5, 5.41) is 12.9. The Balaban J connectivity index is 2.79. The lowest BCUT2D eigenvalue weighted by Crippen LogP contribution is -2.33. The van der Waals surface area contributed by atoms with Crippen LogP contribution in [0.5, 0.6) is 0 Å². The molecule has 1 aromatic heterocycles. The molecule has 14 heavy (non-hydrogen) atoms. The van der Waals surface area contributed by atoms with Gasteiger partial charge < -0.3 is 10.8 Å². The first-order chi connectivity index (χ1) is 6.54. The number of carboxylic acids is 1. The summed E-state index contributed by atoms with van der Waals surface area (Å²) in [5.41, 5.74) is 7.20. The van der Waals surface area contributed by atoms with E-state index in [2.05, 4.69) is 5.10 Å². The van der Waals surface area contributed by atoms with Gasteiger partial charge in [0, 0.05) is 18.7 Å². The summed E-state index contributed by atoms with van der Waals surface area (Å²) in [5.74, 6) is -0.980. The van der Waals surface area contributed by atoms with Crippen molar-refractivity contribution in [3.8, 4) is 0 Å². The molecule has 5 heteroatoms. The number of carbonyl (C=O) groups is 1. The van der Waals surface area contributed by atoms with Gasteiger partial charge >= 0.3 is 5.97 Å². The Kier molecular flexibility index (Phi) is 3.24. The molecule has 0 aliphatic rings. The Labute approximate surface area is 82.5 Å². The molecular formula is C9H15N3O2. The highest BCUT2D eigenvalue weighted by atomic mass is 16.4. The Morgan fingerprint density at radius 3 is 2.93 bits per heavy atom. The van der Waals surface area contributed by atoms with Crippen LogP contribution in [0.4, 0.5) is 0 Å². The number of aliphatic carboxylic acids is 1. The number of hydrogen-bond donors (Lipinski definition) is 2. The van der Waals surface area contributed by atoms with E-state index >= 15 is 0 Å². The molecule has 0 bridgehead atoms. The fraction of sp³-hybridized carbons (Fsp3) is 0.556. The van der Waals surface area contributed by atoms with Crippen LogP contribution in [0.25, 0.3) is 0 Å². The molecule has 0 aliphatic heterocycles. The van der Waals surface area contributed by atoms with E-state index in [9.17, 15) is 4.79 Å². The Morgan fingerprint density at radius 2 is 2.43 bits per heavy atom. The highest BCUT2D eigenvalue weighted by Crippen LogP contribution is 2.06. The van der Waals surface area contributed by atoms with Crippen LogP contribution >= 0.6 is 0 Å². The van der Waals surface area contributed by atoms with Crippen LogP contribution < -0.4 is 5.73 Å². The van der Waals surface area contributed by atoms with Crippen LogP contribution in [0.1, 0.15) is 18.3 Å². The summed E-state index contributed by atoms with van der Waals surface area (Å²) in [7, 11) is 0. The second-order valence-electron chi connectivity index (χ2n) is 3.24. The highest BCUT2D eigenvalue weighted by Gasteiger charge is 2.15. The molecule has 1 rings (SSSR count). The van der Waals surface area contributed by atoms with Crippen molar-refractivity contribution in [2.75, 3.05) is 0 Å². The number of nitrogens with zero attached hydrogens (tertiary/aromatic N) is 2. The van der Waals surface area contributed by atoms with Crippen molar-refractivity contribution in [3.05, 3.63) is 17.5 Å². The monoisotopic (exact) mass is 197 g/mol. The number of nitrogens with two attached hydrogens (primary N) is 1. The predicted molar refractivity (Wildman–Crippen MR) is 52.0 cm³/mol. The van der Waals surface area contributed by atoms with Gasteiger partial charge in [-0.1, -0.05) is 0 Å². The summed E-state index contributed by atoms with van der Waals surface area (Å²) in [4.78, 5) is 10.6. The Hall–Kier alpha value is -1.36. The van der Waals surface area contributed by atoms with Gasteiger partial charge in [0.1, 0.15) is 6.04 Å². The van der Waals surface area contributed by atoms with Crippen molar-refractivity contribution < 1.29 is 9.90 Å². The molecule has 0 amide bonds. The molecule has 1 heterocycles. The first-order valence-corrected chi connectivity index (χ1v) is 4.56. The highest BCUT2D eigenvalue weighted by molar-refractivity contribution is 5.73. The third-order valence-electron chi connectivity index (χ3n) is 2.03. The lowest BCUT2D eigenvalue weighted by molar-refractivity contribution is -0.138. The van der Waals surface area contributed by atoms with Gasteiger partial charge in [-0.15, -0.1) is 0 Å². The van der Waals surface area contributed by atoms with Crippen molar-refractivity contribution >= 4 is 5.97 Å². The van der Waals surface area contributed by atoms with E-state index in [1.807, 2.05) is 19.9 Å². The van der Waals surface area contributed by atoms with Crippen LogP contribution in [0.3, 0.4) is 0 Å². The first-order valence-electron chi connectivity index (χ1n) is 4.56. The molecule has 1 aromatic rings. The third kappa shape index (κ3) is 2.32. The van der Waals surface area contributed by atoms with E-state index in [0.29, 0.717) is 6.42 Å². The summed E-state index contributed by atoms with van der Waals surface area (Å²) in [6.45, 7) is 4.57. The van der Waals surface area contributed by atoms with E-state index in [4.69, 9.17) is 10.8 Å². The van der Waals surface area contributed by atoms with E-state index in [-0.39, 0.29) is 0 Å². The molecule has 5 nitrogen and oxygen atoms in total. The molecule has 0 unspecified atom stereocenters. The van der Waals surface area contributed by atoms with Crippen LogP contribution in [-0.4, -0.2) is 26.9 Å². The number of carboxylic acid groups (broad SMARTS) is 1. The summed E-state index contributed by atoms with van der Waals surface area (Å²) < 4.78 is 1.78. The van der Waals surface area contributed by atoms with E-state index < -0.39 is 12.0 Å². The first kappa shape index (κ1) is 10.7. The van der Waals surface area contributed by atoms with Gasteiger partial charge in [0.2, 0.25) is 0 Å². The number of aryl methyl sites for hydroxylation is 2. The van der Waals surface area contributed by atoms with Crippen molar-refractivity contribution in [1.29, 1.82) is 0 Å². The molecule has 0 aromatic carbocycles. The summed E-state index contributed by atoms with van der Waals surface area (Å²) in [6.07, 6.45) is 0.323. The zero-order valence-corrected chi connectivity index (χ0v) is 8.40. The van der Waals surface area contributed by atoms with Gasteiger partial charge in [0.25, 0.3) is 0 Å². The Morgan fingerprint density at radius 1 is 1.79 bits per heavy atom. The van der Waals surface area contributed by atoms with E-state index in [1.165, 1.54) is 0 Å². The normalized spacial score (nSPS) is 12.8. The fourth-order valence-electron chi connectivity index (χ4n) is 1.35. The van der Waals surface area contributed by atoms with E-state index in [0.717, 1.165) is 17.9 Å². The average Bonchev–Trinajstić information content (AvgIpc) is 2.45. The molecular weight excluding hydrogens is 182 g/mol. The number of hydrogen-bond acceptors (Lipinski definition) is 3. The largest absolute Gasteiger partial charge is 0.480 e. The fourth-order valence-corrected chi connectivity index (χ4v) is 1.35. The van der Waals surface area contributed by atoms with Crippen LogP contribution in [0.2, 0.25) is 0 Å². The molecule has 0 fully saturated rings. The molecule has 1 atom stereocenters. The van der Waals surface area contributed by atoms with Gasteiger partial charge in [0.15, 0.2) is 0 Å². The molecule has 0 aliphatic carbocycles. The molecule has 0 radical (unpaired) electrons. The van der Waals surface area contributed by atoms with Crippen LogP contribution in [-0.2, 0) is 17.8 Å². The number of aromatic nitrogens is 2. The van der Waals surface area contributed by atoms with Crippen LogP contribution in [0.15, 0.2) is 6.07 Å². The average molecular weight is 197 g/mol. The second-order valence-corrected chi connectivity index (χ2v) is 3.24. The van der Waals surface area contributed by atoms with Gasteiger partial charge in [-0.25, -0.2) is 0 Å². The lowest BCUT2D eigenvalue weighted by Gasteiger charge is -2.07. The van der Waals surface area contributed by atoms with Crippen molar-refractivity contribution in [2.24, 2.45) is 5.73 Å². The van der Waals surface area contributed by atoms with Crippen molar-refractivity contribution in [1.82, 2.24) is 9.78 Å². The minimum atomic E-state index is -0.980. The SMILES string of the molecule is CCn1nc(C)cc1C[C@@H](N)C(=O)O. The summed E-state index contributed by atoms with van der Waals surface area (Å²) in [6, 6.07) is 1.02. The molecule has 3 N–H and O–H groups in total. The smallest absolute Gasteiger partial charge is 0.320 e. The molecule has 0 saturated carbocycles.